The molecule has 0 aromatic heterocycles. The van der Waals surface area contributed by atoms with E-state index in [1.807, 2.05) is 6.08 Å². The summed E-state index contributed by atoms with van der Waals surface area (Å²) in [7, 11) is 0. The molecule has 1 aliphatic rings. The van der Waals surface area contributed by atoms with Crippen molar-refractivity contribution in [3.63, 3.8) is 0 Å². The van der Waals surface area contributed by atoms with Gasteiger partial charge in [-0.05, 0) is 18.6 Å². The molecular formula is C13H13Cl2N. The normalized spacial score (nSPS) is 15.8. The van der Waals surface area contributed by atoms with E-state index in [4.69, 9.17) is 23.2 Å². The quantitative estimate of drug-likeness (QED) is 0.848. The van der Waals surface area contributed by atoms with Crippen molar-refractivity contribution in [2.24, 2.45) is 0 Å². The number of nitrogens with one attached hydrogen (secondary N) is 1. The average Bonchev–Trinajstić information content (AvgIpc) is 2.25. The van der Waals surface area contributed by atoms with Crippen LogP contribution < -0.4 is 5.32 Å². The zero-order valence-corrected chi connectivity index (χ0v) is 10.6. The average molecular weight is 254 g/mol. The molecule has 1 aromatic carbocycles. The minimum atomic E-state index is 0.666. The summed E-state index contributed by atoms with van der Waals surface area (Å²) in [6.07, 6.45) is 2.63. The Morgan fingerprint density at radius 1 is 1.19 bits per heavy atom. The van der Waals surface area contributed by atoms with Gasteiger partial charge in [-0.1, -0.05) is 53.0 Å². The molecule has 0 bridgehead atoms. The van der Waals surface area contributed by atoms with Crippen LogP contribution in [0.1, 0.15) is 11.1 Å². The van der Waals surface area contributed by atoms with Crippen LogP contribution in [0.2, 0.25) is 0 Å². The lowest BCUT2D eigenvalue weighted by Gasteiger charge is -2.16. The van der Waals surface area contributed by atoms with Crippen molar-refractivity contribution in [3.05, 3.63) is 57.2 Å². The number of hydrogen-bond donors (Lipinski definition) is 1. The fourth-order valence-electron chi connectivity index (χ4n) is 1.61. The molecule has 0 unspecified atom stereocenters. The van der Waals surface area contributed by atoms with Gasteiger partial charge in [0.2, 0.25) is 0 Å². The van der Waals surface area contributed by atoms with Crippen molar-refractivity contribution in [3.8, 4) is 0 Å². The van der Waals surface area contributed by atoms with Crippen molar-refractivity contribution in [1.29, 1.82) is 0 Å². The third-order valence-electron chi connectivity index (χ3n) is 2.54. The summed E-state index contributed by atoms with van der Waals surface area (Å²) in [5.41, 5.74) is 3.55. The van der Waals surface area contributed by atoms with Gasteiger partial charge in [-0.15, -0.1) is 0 Å². The Morgan fingerprint density at radius 3 is 2.50 bits per heavy atom. The van der Waals surface area contributed by atoms with Crippen LogP contribution in [-0.4, -0.2) is 6.54 Å². The lowest BCUT2D eigenvalue weighted by molar-refractivity contribution is 0.833. The van der Waals surface area contributed by atoms with Gasteiger partial charge < -0.3 is 5.32 Å². The minimum Gasteiger partial charge on any atom is -0.382 e. The van der Waals surface area contributed by atoms with Gasteiger partial charge in [0.25, 0.3) is 0 Å². The molecule has 0 amide bonds. The number of halogens is 2. The zero-order valence-electron chi connectivity index (χ0n) is 9.06. The fourth-order valence-corrected chi connectivity index (χ4v) is 2.11. The Kier molecular flexibility index (Phi) is 3.57. The van der Waals surface area contributed by atoms with Crippen LogP contribution in [-0.2, 0) is 6.42 Å². The first-order valence-corrected chi connectivity index (χ1v) is 5.95. The Balaban J connectivity index is 2.16. The van der Waals surface area contributed by atoms with E-state index in [9.17, 15) is 0 Å². The molecule has 1 heterocycles. The Morgan fingerprint density at radius 2 is 1.88 bits per heavy atom. The fraction of sp³-hybridized carbons (Fsp3) is 0.231. The highest BCUT2D eigenvalue weighted by Gasteiger charge is 2.10. The summed E-state index contributed by atoms with van der Waals surface area (Å²) in [6, 6.07) is 8.45. The number of rotatable bonds is 2. The summed E-state index contributed by atoms with van der Waals surface area (Å²) in [6.45, 7) is 2.75. The van der Waals surface area contributed by atoms with E-state index in [-0.39, 0.29) is 0 Å². The smallest absolute Gasteiger partial charge is 0.0611 e. The van der Waals surface area contributed by atoms with Gasteiger partial charge in [-0.2, -0.15) is 0 Å². The van der Waals surface area contributed by atoms with Crippen molar-refractivity contribution in [2.75, 3.05) is 6.54 Å². The van der Waals surface area contributed by atoms with Crippen LogP contribution >= 0.6 is 23.2 Å². The maximum atomic E-state index is 6.11. The highest BCUT2D eigenvalue weighted by Crippen LogP contribution is 2.21. The van der Waals surface area contributed by atoms with Gasteiger partial charge in [-0.3, -0.25) is 0 Å². The van der Waals surface area contributed by atoms with Crippen LogP contribution in [0, 0.1) is 6.92 Å². The predicted octanol–water partition coefficient (Wildman–Crippen LogP) is 3.71. The van der Waals surface area contributed by atoms with Crippen LogP contribution in [0.5, 0.6) is 0 Å². The lowest BCUT2D eigenvalue weighted by Crippen LogP contribution is -2.21. The van der Waals surface area contributed by atoms with E-state index in [2.05, 4.69) is 36.5 Å². The predicted molar refractivity (Wildman–Crippen MR) is 69.7 cm³/mol. The molecule has 0 spiro atoms. The Bertz CT molecular complexity index is 444. The molecular weight excluding hydrogens is 241 g/mol. The maximum Gasteiger partial charge on any atom is 0.0611 e. The Labute approximate surface area is 106 Å². The monoisotopic (exact) mass is 253 g/mol. The second kappa shape index (κ2) is 4.94. The van der Waals surface area contributed by atoms with Crippen LogP contribution in [0.3, 0.4) is 0 Å². The first-order valence-electron chi connectivity index (χ1n) is 5.19. The molecule has 0 saturated carbocycles. The second-order valence-corrected chi connectivity index (χ2v) is 4.83. The second-order valence-electron chi connectivity index (χ2n) is 3.93. The molecule has 1 aliphatic heterocycles. The van der Waals surface area contributed by atoms with Crippen molar-refractivity contribution in [1.82, 2.24) is 5.32 Å². The largest absolute Gasteiger partial charge is 0.382 e. The summed E-state index contributed by atoms with van der Waals surface area (Å²) < 4.78 is 0. The highest BCUT2D eigenvalue weighted by molar-refractivity contribution is 6.35. The lowest BCUT2D eigenvalue weighted by atomic mass is 10.1. The molecule has 3 heteroatoms. The zero-order chi connectivity index (χ0) is 11.5. The minimum absolute atomic E-state index is 0.666. The number of allylic oxidation sites excluding steroid dienone is 3. The topological polar surface area (TPSA) is 12.0 Å². The van der Waals surface area contributed by atoms with Gasteiger partial charge in [0.15, 0.2) is 0 Å². The van der Waals surface area contributed by atoms with Gasteiger partial charge in [-0.25, -0.2) is 0 Å². The SMILES string of the molecule is Cc1ccc(CC2=C(Cl)C=C(Cl)CN2)cc1. The molecule has 0 aliphatic carbocycles. The maximum absolute atomic E-state index is 6.11. The van der Waals surface area contributed by atoms with E-state index in [0.717, 1.165) is 17.2 Å². The van der Waals surface area contributed by atoms with E-state index < -0.39 is 0 Å². The van der Waals surface area contributed by atoms with Gasteiger partial charge >= 0.3 is 0 Å². The number of dihydropyridines is 1. The Hall–Kier alpha value is -0.920. The molecule has 84 valence electrons. The standard InChI is InChI=1S/C13H13Cl2N/c1-9-2-4-10(5-3-9)6-13-12(15)7-11(14)8-16-13/h2-5,7,16H,6,8H2,1H3. The van der Waals surface area contributed by atoms with Gasteiger partial charge in [0.05, 0.1) is 11.6 Å². The molecule has 0 radical (unpaired) electrons. The molecule has 0 saturated heterocycles. The molecule has 0 fully saturated rings. The van der Waals surface area contributed by atoms with Gasteiger partial charge in [0, 0.05) is 17.2 Å². The summed E-state index contributed by atoms with van der Waals surface area (Å²) in [4.78, 5) is 0. The van der Waals surface area contributed by atoms with Crippen LogP contribution in [0.25, 0.3) is 0 Å². The first kappa shape index (κ1) is 11.6. The van der Waals surface area contributed by atoms with E-state index in [1.54, 1.807) is 0 Å². The molecule has 1 aromatic rings. The van der Waals surface area contributed by atoms with Crippen molar-refractivity contribution in [2.45, 2.75) is 13.3 Å². The molecule has 16 heavy (non-hydrogen) atoms. The van der Waals surface area contributed by atoms with E-state index >= 15 is 0 Å². The molecule has 1 N–H and O–H groups in total. The molecule has 0 atom stereocenters. The molecule has 1 nitrogen and oxygen atoms in total. The number of hydrogen-bond acceptors (Lipinski definition) is 1. The third kappa shape index (κ3) is 2.81. The van der Waals surface area contributed by atoms with E-state index in [0.29, 0.717) is 11.6 Å². The number of aryl methyl sites for hydroxylation is 1. The first-order chi connectivity index (χ1) is 7.65. The summed E-state index contributed by atoms with van der Waals surface area (Å²) in [5, 5.41) is 4.68. The third-order valence-corrected chi connectivity index (χ3v) is 3.12. The van der Waals surface area contributed by atoms with Gasteiger partial charge in [0.1, 0.15) is 0 Å². The highest BCUT2D eigenvalue weighted by atomic mass is 35.5. The number of benzene rings is 1. The van der Waals surface area contributed by atoms with Crippen LogP contribution in [0.15, 0.2) is 46.1 Å². The van der Waals surface area contributed by atoms with Crippen molar-refractivity contribution < 1.29 is 0 Å². The summed E-state index contributed by atoms with van der Waals surface area (Å²) in [5.74, 6) is 0. The van der Waals surface area contributed by atoms with Crippen molar-refractivity contribution >= 4 is 23.2 Å². The molecule has 2 rings (SSSR count). The van der Waals surface area contributed by atoms with E-state index in [1.165, 1.54) is 11.1 Å². The van der Waals surface area contributed by atoms with Crippen LogP contribution in [0.4, 0.5) is 0 Å². The summed E-state index contributed by atoms with van der Waals surface area (Å²) >= 11 is 12.0.